The van der Waals surface area contributed by atoms with Gasteiger partial charge in [0.25, 0.3) is 17.7 Å². The Balaban J connectivity index is 1.57. The standard InChI is InChI=1S/C23H23ClF2N2O4/c1-13-9-14(21(31)27-8-6-23(25,26)12-27)4-5-15(13)18-3-2-7-28(18)22(32)16-10-17(24)20(30)11-19(16)29/h4-5,9-11,18,29-30H,2-3,6-8,12H2,1H3/t18-/m1/s1. The summed E-state index contributed by atoms with van der Waals surface area (Å²) in [6, 6.07) is 7.05. The van der Waals surface area contributed by atoms with E-state index in [4.69, 9.17) is 11.6 Å². The van der Waals surface area contributed by atoms with Crippen LogP contribution in [-0.4, -0.2) is 57.4 Å². The van der Waals surface area contributed by atoms with Gasteiger partial charge in [-0.25, -0.2) is 8.78 Å². The van der Waals surface area contributed by atoms with Gasteiger partial charge in [-0.15, -0.1) is 0 Å². The Morgan fingerprint density at radius 2 is 1.84 bits per heavy atom. The lowest BCUT2D eigenvalue weighted by molar-refractivity contribution is 0.0120. The average Bonchev–Trinajstić information content (AvgIpc) is 3.36. The molecule has 0 aromatic heterocycles. The second-order valence-corrected chi connectivity index (χ2v) is 8.79. The highest BCUT2D eigenvalue weighted by atomic mass is 35.5. The Morgan fingerprint density at radius 3 is 2.50 bits per heavy atom. The van der Waals surface area contributed by atoms with Gasteiger partial charge in [0, 0.05) is 31.1 Å². The molecule has 0 unspecified atom stereocenters. The Labute approximate surface area is 189 Å². The third-order valence-electron chi connectivity index (χ3n) is 6.14. The van der Waals surface area contributed by atoms with E-state index in [1.807, 2.05) is 6.92 Å². The third-order valence-corrected chi connectivity index (χ3v) is 6.44. The van der Waals surface area contributed by atoms with Gasteiger partial charge in [-0.2, -0.15) is 0 Å². The number of carbonyl (C=O) groups excluding carboxylic acids is 2. The van der Waals surface area contributed by atoms with E-state index in [9.17, 15) is 28.6 Å². The van der Waals surface area contributed by atoms with Crippen LogP contribution in [-0.2, 0) is 0 Å². The van der Waals surface area contributed by atoms with Crippen molar-refractivity contribution in [2.45, 2.75) is 38.2 Å². The van der Waals surface area contributed by atoms with Crippen LogP contribution in [0.15, 0.2) is 30.3 Å². The van der Waals surface area contributed by atoms with E-state index in [0.29, 0.717) is 18.5 Å². The number of hydrogen-bond donors (Lipinski definition) is 2. The maximum absolute atomic E-state index is 13.5. The highest BCUT2D eigenvalue weighted by Crippen LogP contribution is 2.38. The number of amides is 2. The smallest absolute Gasteiger partial charge is 0.267 e. The zero-order chi connectivity index (χ0) is 23.2. The summed E-state index contributed by atoms with van der Waals surface area (Å²) in [5, 5.41) is 19.7. The summed E-state index contributed by atoms with van der Waals surface area (Å²) < 4.78 is 27.0. The summed E-state index contributed by atoms with van der Waals surface area (Å²) in [7, 11) is 0. The monoisotopic (exact) mass is 464 g/mol. The number of alkyl halides is 2. The van der Waals surface area contributed by atoms with Gasteiger partial charge in [0.2, 0.25) is 0 Å². The molecule has 0 spiro atoms. The summed E-state index contributed by atoms with van der Waals surface area (Å²) >= 11 is 5.92. The van der Waals surface area contributed by atoms with E-state index < -0.39 is 24.3 Å². The maximum Gasteiger partial charge on any atom is 0.267 e. The third kappa shape index (κ3) is 4.11. The number of aromatic hydroxyl groups is 2. The number of benzene rings is 2. The van der Waals surface area contributed by atoms with E-state index in [0.717, 1.165) is 28.5 Å². The van der Waals surface area contributed by atoms with Crippen LogP contribution in [0.2, 0.25) is 5.02 Å². The Morgan fingerprint density at radius 1 is 1.09 bits per heavy atom. The minimum atomic E-state index is -2.85. The first-order valence-electron chi connectivity index (χ1n) is 10.4. The average molecular weight is 465 g/mol. The molecule has 2 aromatic carbocycles. The van der Waals surface area contributed by atoms with Crippen LogP contribution in [0.1, 0.15) is 57.1 Å². The predicted octanol–water partition coefficient (Wildman–Crippen LogP) is 4.52. The zero-order valence-electron chi connectivity index (χ0n) is 17.4. The largest absolute Gasteiger partial charge is 0.507 e. The number of phenols is 2. The van der Waals surface area contributed by atoms with Crippen LogP contribution in [0.25, 0.3) is 0 Å². The van der Waals surface area contributed by atoms with Crippen molar-refractivity contribution in [1.29, 1.82) is 0 Å². The van der Waals surface area contributed by atoms with Crippen LogP contribution in [0.4, 0.5) is 8.78 Å². The topological polar surface area (TPSA) is 81.1 Å². The summed E-state index contributed by atoms with van der Waals surface area (Å²) in [4.78, 5) is 28.6. The molecule has 0 aliphatic carbocycles. The van der Waals surface area contributed by atoms with Crippen molar-refractivity contribution >= 4 is 23.4 Å². The van der Waals surface area contributed by atoms with Crippen molar-refractivity contribution in [1.82, 2.24) is 9.80 Å². The van der Waals surface area contributed by atoms with Crippen molar-refractivity contribution in [3.63, 3.8) is 0 Å². The Kier molecular flexibility index (Phi) is 5.75. The normalized spacial score (nSPS) is 20.1. The van der Waals surface area contributed by atoms with E-state index in [-0.39, 0.29) is 41.1 Å². The second kappa shape index (κ2) is 8.24. The van der Waals surface area contributed by atoms with Crippen LogP contribution in [0.3, 0.4) is 0 Å². The molecule has 2 aliphatic heterocycles. The Bertz CT molecular complexity index is 1090. The zero-order valence-corrected chi connectivity index (χ0v) is 18.2. The van der Waals surface area contributed by atoms with Gasteiger partial charge in [0.1, 0.15) is 11.5 Å². The first kappa shape index (κ1) is 22.3. The molecule has 0 saturated carbocycles. The fraction of sp³-hybridized carbons (Fsp3) is 0.391. The first-order chi connectivity index (χ1) is 15.1. The molecule has 170 valence electrons. The number of hydrogen-bond acceptors (Lipinski definition) is 4. The molecule has 1 atom stereocenters. The molecule has 2 aromatic rings. The Hall–Kier alpha value is -2.87. The number of aryl methyl sites for hydroxylation is 1. The fourth-order valence-corrected chi connectivity index (χ4v) is 4.65. The molecule has 2 saturated heterocycles. The SMILES string of the molecule is Cc1cc(C(=O)N2CCC(F)(F)C2)ccc1[C@H]1CCCN1C(=O)c1cc(Cl)c(O)cc1O. The van der Waals surface area contributed by atoms with Gasteiger partial charge >= 0.3 is 0 Å². The van der Waals surface area contributed by atoms with E-state index in [1.54, 1.807) is 23.1 Å². The minimum absolute atomic E-state index is 0.000822. The molecule has 32 heavy (non-hydrogen) atoms. The van der Waals surface area contributed by atoms with E-state index in [1.165, 1.54) is 6.07 Å². The summed E-state index contributed by atoms with van der Waals surface area (Å²) in [6.07, 6.45) is 1.12. The van der Waals surface area contributed by atoms with Crippen LogP contribution >= 0.6 is 11.6 Å². The lowest BCUT2D eigenvalue weighted by atomic mass is 9.96. The molecule has 2 amide bonds. The molecule has 9 heteroatoms. The molecule has 6 nitrogen and oxygen atoms in total. The van der Waals surface area contributed by atoms with Crippen LogP contribution in [0.5, 0.6) is 11.5 Å². The highest BCUT2D eigenvalue weighted by Gasteiger charge is 2.40. The predicted molar refractivity (Wildman–Crippen MR) is 114 cm³/mol. The number of phenolic OH excluding ortho intramolecular Hbond substituents is 2. The molecular weight excluding hydrogens is 442 g/mol. The number of carbonyl (C=O) groups is 2. The van der Waals surface area contributed by atoms with Gasteiger partial charge < -0.3 is 20.0 Å². The minimum Gasteiger partial charge on any atom is -0.507 e. The lowest BCUT2D eigenvalue weighted by Crippen LogP contribution is -2.32. The van der Waals surface area contributed by atoms with Gasteiger partial charge in [0.15, 0.2) is 0 Å². The summed E-state index contributed by atoms with van der Waals surface area (Å²) in [5.74, 6) is -4.36. The number of rotatable bonds is 3. The van der Waals surface area contributed by atoms with Crippen molar-refractivity contribution in [2.75, 3.05) is 19.6 Å². The van der Waals surface area contributed by atoms with Crippen LogP contribution < -0.4 is 0 Å². The summed E-state index contributed by atoms with van der Waals surface area (Å²) in [5.41, 5.74) is 1.96. The van der Waals surface area contributed by atoms with Gasteiger partial charge in [-0.05, 0) is 49.1 Å². The molecule has 0 bridgehead atoms. The van der Waals surface area contributed by atoms with Crippen molar-refractivity contribution in [2.24, 2.45) is 0 Å². The molecule has 2 fully saturated rings. The van der Waals surface area contributed by atoms with E-state index >= 15 is 0 Å². The molecule has 2 N–H and O–H groups in total. The van der Waals surface area contributed by atoms with E-state index in [2.05, 4.69) is 0 Å². The summed E-state index contributed by atoms with van der Waals surface area (Å²) in [6.45, 7) is 1.75. The quantitative estimate of drug-likeness (QED) is 0.700. The second-order valence-electron chi connectivity index (χ2n) is 8.38. The molecule has 0 radical (unpaired) electrons. The number of likely N-dealkylation sites (tertiary alicyclic amines) is 2. The van der Waals surface area contributed by atoms with Crippen LogP contribution in [0, 0.1) is 6.92 Å². The van der Waals surface area contributed by atoms with Gasteiger partial charge in [-0.1, -0.05) is 17.7 Å². The first-order valence-corrected chi connectivity index (χ1v) is 10.8. The number of nitrogens with zero attached hydrogens (tertiary/aromatic N) is 2. The van der Waals surface area contributed by atoms with Crippen molar-refractivity contribution in [3.8, 4) is 11.5 Å². The lowest BCUT2D eigenvalue weighted by Gasteiger charge is -2.27. The van der Waals surface area contributed by atoms with Crippen molar-refractivity contribution < 1.29 is 28.6 Å². The van der Waals surface area contributed by atoms with Gasteiger partial charge in [0.05, 0.1) is 23.2 Å². The highest BCUT2D eigenvalue weighted by molar-refractivity contribution is 6.32. The number of halogens is 3. The van der Waals surface area contributed by atoms with Gasteiger partial charge in [-0.3, -0.25) is 9.59 Å². The maximum atomic E-state index is 13.5. The van der Waals surface area contributed by atoms with Crippen molar-refractivity contribution in [3.05, 3.63) is 57.6 Å². The molecule has 4 rings (SSSR count). The fourth-order valence-electron chi connectivity index (χ4n) is 4.48. The molecule has 2 aliphatic rings. The molecule has 2 heterocycles. The molecular formula is C23H23ClF2N2O4.